The number of carboxylic acids is 1. The van der Waals surface area contributed by atoms with Crippen molar-refractivity contribution in [2.24, 2.45) is 5.92 Å². The second-order valence-electron chi connectivity index (χ2n) is 5.22. The molecule has 2 aromatic rings. The van der Waals surface area contributed by atoms with E-state index in [1.54, 1.807) is 6.20 Å². The topological polar surface area (TPSA) is 62.2 Å². The molecule has 2 rings (SSSR count). The van der Waals surface area contributed by atoms with Crippen LogP contribution < -0.4 is 5.32 Å². The van der Waals surface area contributed by atoms with E-state index in [1.807, 2.05) is 38.1 Å². The number of benzene rings is 1. The van der Waals surface area contributed by atoms with E-state index in [0.29, 0.717) is 11.6 Å². The number of nitrogens with zero attached hydrogens (tertiary/aromatic N) is 1. The van der Waals surface area contributed by atoms with Crippen molar-refractivity contribution in [3.63, 3.8) is 0 Å². The Morgan fingerprint density at radius 2 is 2.24 bits per heavy atom. The molecule has 2 atom stereocenters. The molecular weight excluding hydrogens is 288 g/mol. The maximum absolute atomic E-state index is 11.3. The molecule has 0 unspecified atom stereocenters. The van der Waals surface area contributed by atoms with E-state index in [9.17, 15) is 9.90 Å². The van der Waals surface area contributed by atoms with Crippen LogP contribution in [-0.4, -0.2) is 22.1 Å². The fourth-order valence-electron chi connectivity index (χ4n) is 2.35. The number of hydrogen-bond donors (Lipinski definition) is 2. The maximum atomic E-state index is 11.3. The lowest BCUT2D eigenvalue weighted by atomic mass is 9.99. The monoisotopic (exact) mass is 306 g/mol. The molecule has 0 aliphatic rings. The first-order valence-electron chi connectivity index (χ1n) is 7.02. The first-order valence-corrected chi connectivity index (χ1v) is 7.40. The van der Waals surface area contributed by atoms with Crippen LogP contribution in [0.25, 0.3) is 10.9 Å². The Kier molecular flexibility index (Phi) is 5.15. The van der Waals surface area contributed by atoms with Gasteiger partial charge < -0.3 is 5.11 Å². The maximum Gasteiger partial charge on any atom is 0.320 e. The molecule has 0 fully saturated rings. The van der Waals surface area contributed by atoms with E-state index in [-0.39, 0.29) is 5.92 Å². The highest BCUT2D eigenvalue weighted by atomic mass is 35.5. The average Bonchev–Trinajstić information content (AvgIpc) is 2.46. The summed E-state index contributed by atoms with van der Waals surface area (Å²) in [5.41, 5.74) is 1.76. The van der Waals surface area contributed by atoms with E-state index >= 15 is 0 Å². The zero-order valence-corrected chi connectivity index (χ0v) is 12.9. The summed E-state index contributed by atoms with van der Waals surface area (Å²) >= 11 is 6.12. The fraction of sp³-hybridized carbons (Fsp3) is 0.375. The number of carboxylic acid groups (broad SMARTS) is 1. The lowest BCUT2D eigenvalue weighted by Crippen LogP contribution is -2.41. The number of hydrogen-bond acceptors (Lipinski definition) is 3. The van der Waals surface area contributed by atoms with Crippen LogP contribution >= 0.6 is 11.6 Å². The average molecular weight is 307 g/mol. The predicted molar refractivity (Wildman–Crippen MR) is 84.5 cm³/mol. The Labute approximate surface area is 129 Å². The van der Waals surface area contributed by atoms with Gasteiger partial charge in [-0.1, -0.05) is 37.9 Å². The Morgan fingerprint density at radius 3 is 2.90 bits per heavy atom. The molecule has 0 radical (unpaired) electrons. The van der Waals surface area contributed by atoms with Gasteiger partial charge >= 0.3 is 5.97 Å². The molecule has 1 aromatic heterocycles. The molecule has 0 aliphatic carbocycles. The van der Waals surface area contributed by atoms with E-state index < -0.39 is 12.0 Å². The zero-order valence-electron chi connectivity index (χ0n) is 12.1. The van der Waals surface area contributed by atoms with Gasteiger partial charge in [-0.05, 0) is 29.7 Å². The number of nitrogens with one attached hydrogen (secondary N) is 1. The number of fused-ring (bicyclic) bond motifs is 1. The summed E-state index contributed by atoms with van der Waals surface area (Å²) in [5, 5.41) is 14.0. The third-order valence-corrected chi connectivity index (χ3v) is 3.96. The SMILES string of the molecule is CC[C@H](C)[C@H](NCc1cc(Cl)cc2cccnc12)C(=O)O. The van der Waals surface area contributed by atoms with Crippen molar-refractivity contribution in [2.75, 3.05) is 0 Å². The number of pyridine rings is 1. The van der Waals surface area contributed by atoms with Crippen molar-refractivity contribution in [2.45, 2.75) is 32.9 Å². The summed E-state index contributed by atoms with van der Waals surface area (Å²) < 4.78 is 0. The molecule has 0 saturated carbocycles. The normalized spacial score (nSPS) is 14.0. The summed E-state index contributed by atoms with van der Waals surface area (Å²) in [4.78, 5) is 15.7. The molecule has 1 aromatic carbocycles. The van der Waals surface area contributed by atoms with E-state index in [0.717, 1.165) is 22.9 Å². The van der Waals surface area contributed by atoms with Gasteiger partial charge in [-0.3, -0.25) is 15.1 Å². The van der Waals surface area contributed by atoms with Crippen LogP contribution in [-0.2, 0) is 11.3 Å². The molecule has 112 valence electrons. The molecule has 5 heteroatoms. The molecule has 1 heterocycles. The smallest absolute Gasteiger partial charge is 0.320 e. The lowest BCUT2D eigenvalue weighted by Gasteiger charge is -2.20. The molecule has 21 heavy (non-hydrogen) atoms. The lowest BCUT2D eigenvalue weighted by molar-refractivity contribution is -0.140. The van der Waals surface area contributed by atoms with Crippen molar-refractivity contribution >= 4 is 28.5 Å². The second-order valence-corrected chi connectivity index (χ2v) is 5.66. The standard InChI is InChI=1S/C16H19ClN2O2/c1-3-10(2)14(16(20)21)19-9-12-8-13(17)7-11-5-4-6-18-15(11)12/h4-8,10,14,19H,3,9H2,1-2H3,(H,20,21)/t10-,14-/m0/s1. The van der Waals surface area contributed by atoms with Crippen LogP contribution in [0.4, 0.5) is 0 Å². The fourth-order valence-corrected chi connectivity index (χ4v) is 2.60. The second kappa shape index (κ2) is 6.87. The molecule has 0 spiro atoms. The Morgan fingerprint density at radius 1 is 1.48 bits per heavy atom. The van der Waals surface area contributed by atoms with Gasteiger partial charge in [0.2, 0.25) is 0 Å². The first kappa shape index (κ1) is 15.7. The number of aliphatic carboxylic acids is 1. The van der Waals surface area contributed by atoms with Crippen molar-refractivity contribution < 1.29 is 9.90 Å². The molecule has 0 bridgehead atoms. The third-order valence-electron chi connectivity index (χ3n) is 3.74. The van der Waals surface area contributed by atoms with Crippen LogP contribution in [0.1, 0.15) is 25.8 Å². The first-order chi connectivity index (χ1) is 10.0. The molecule has 4 nitrogen and oxygen atoms in total. The Hall–Kier alpha value is -1.65. The van der Waals surface area contributed by atoms with Gasteiger partial charge in [-0.15, -0.1) is 0 Å². The number of rotatable bonds is 6. The van der Waals surface area contributed by atoms with Gasteiger partial charge in [0.05, 0.1) is 5.52 Å². The minimum atomic E-state index is -0.830. The van der Waals surface area contributed by atoms with Crippen LogP contribution in [0.2, 0.25) is 5.02 Å². The van der Waals surface area contributed by atoms with Gasteiger partial charge in [0.25, 0.3) is 0 Å². The van der Waals surface area contributed by atoms with Crippen LogP contribution in [0.5, 0.6) is 0 Å². The van der Waals surface area contributed by atoms with Gasteiger partial charge in [0, 0.05) is 23.2 Å². The summed E-state index contributed by atoms with van der Waals surface area (Å²) in [7, 11) is 0. The molecule has 2 N–H and O–H groups in total. The van der Waals surface area contributed by atoms with E-state index in [1.165, 1.54) is 0 Å². The number of carbonyl (C=O) groups is 1. The molecule has 0 saturated heterocycles. The third kappa shape index (κ3) is 3.71. The predicted octanol–water partition coefficient (Wildman–Crippen LogP) is 3.48. The van der Waals surface area contributed by atoms with Crippen molar-refractivity contribution in [1.29, 1.82) is 0 Å². The minimum absolute atomic E-state index is 0.0564. The van der Waals surface area contributed by atoms with Crippen LogP contribution in [0.15, 0.2) is 30.5 Å². The number of halogens is 1. The van der Waals surface area contributed by atoms with Gasteiger partial charge in [0.1, 0.15) is 6.04 Å². The highest BCUT2D eigenvalue weighted by molar-refractivity contribution is 6.31. The van der Waals surface area contributed by atoms with Crippen LogP contribution in [0, 0.1) is 5.92 Å². The Bertz CT molecular complexity index is 645. The minimum Gasteiger partial charge on any atom is -0.480 e. The van der Waals surface area contributed by atoms with Crippen LogP contribution in [0.3, 0.4) is 0 Å². The van der Waals surface area contributed by atoms with Gasteiger partial charge in [-0.2, -0.15) is 0 Å². The quantitative estimate of drug-likeness (QED) is 0.857. The van der Waals surface area contributed by atoms with Crippen molar-refractivity contribution in [3.05, 3.63) is 41.0 Å². The molecule has 0 aliphatic heterocycles. The Balaban J connectivity index is 2.25. The van der Waals surface area contributed by atoms with Gasteiger partial charge in [-0.25, -0.2) is 0 Å². The highest BCUT2D eigenvalue weighted by Gasteiger charge is 2.22. The summed E-state index contributed by atoms with van der Waals surface area (Å²) in [6.07, 6.45) is 2.53. The summed E-state index contributed by atoms with van der Waals surface area (Å²) in [6.45, 7) is 4.34. The van der Waals surface area contributed by atoms with E-state index in [4.69, 9.17) is 11.6 Å². The molecule has 0 amide bonds. The highest BCUT2D eigenvalue weighted by Crippen LogP contribution is 2.22. The van der Waals surface area contributed by atoms with Crippen molar-refractivity contribution in [3.8, 4) is 0 Å². The van der Waals surface area contributed by atoms with Gasteiger partial charge in [0.15, 0.2) is 0 Å². The summed E-state index contributed by atoms with van der Waals surface area (Å²) in [6, 6.07) is 6.92. The number of aromatic nitrogens is 1. The zero-order chi connectivity index (χ0) is 15.4. The van der Waals surface area contributed by atoms with Crippen molar-refractivity contribution in [1.82, 2.24) is 10.3 Å². The van der Waals surface area contributed by atoms with E-state index in [2.05, 4.69) is 10.3 Å². The largest absolute Gasteiger partial charge is 0.480 e. The molecular formula is C16H19ClN2O2. The summed E-state index contributed by atoms with van der Waals surface area (Å²) in [5.74, 6) is -0.774.